The molecule has 0 saturated heterocycles. The van der Waals surface area contributed by atoms with Crippen molar-refractivity contribution in [1.82, 2.24) is 5.48 Å². The highest BCUT2D eigenvalue weighted by molar-refractivity contribution is 5.50. The zero-order valence-corrected chi connectivity index (χ0v) is 13.2. The molecule has 5 heteroatoms. The van der Waals surface area contributed by atoms with Crippen molar-refractivity contribution in [3.63, 3.8) is 0 Å². The fourth-order valence-electron chi connectivity index (χ4n) is 1.74. The third-order valence-corrected chi connectivity index (χ3v) is 2.66. The SMILES string of the molecule is COc1cc(OC)c(OC)cc1CCNOC(C)(C)C. The summed E-state index contributed by atoms with van der Waals surface area (Å²) in [5.41, 5.74) is 3.79. The number of hydroxylamine groups is 1. The lowest BCUT2D eigenvalue weighted by Gasteiger charge is -2.20. The first kappa shape index (κ1) is 16.6. The molecule has 20 heavy (non-hydrogen) atoms. The normalized spacial score (nSPS) is 11.3. The number of hydrogen-bond acceptors (Lipinski definition) is 5. The van der Waals surface area contributed by atoms with E-state index in [2.05, 4.69) is 5.48 Å². The molecule has 0 aliphatic heterocycles. The van der Waals surface area contributed by atoms with E-state index in [0.29, 0.717) is 18.0 Å². The van der Waals surface area contributed by atoms with E-state index in [1.165, 1.54) is 0 Å². The minimum atomic E-state index is -0.207. The molecule has 0 atom stereocenters. The maximum atomic E-state index is 5.48. The Labute approximate surface area is 121 Å². The Morgan fingerprint density at radius 1 is 0.900 bits per heavy atom. The Balaban J connectivity index is 2.73. The molecule has 0 aromatic heterocycles. The molecule has 0 spiro atoms. The number of hydrogen-bond donors (Lipinski definition) is 1. The van der Waals surface area contributed by atoms with Gasteiger partial charge in [0.05, 0.1) is 26.9 Å². The average molecular weight is 283 g/mol. The molecule has 0 heterocycles. The van der Waals surface area contributed by atoms with Gasteiger partial charge >= 0.3 is 0 Å². The first-order valence-corrected chi connectivity index (χ1v) is 6.61. The molecule has 1 rings (SSSR count). The summed E-state index contributed by atoms with van der Waals surface area (Å²) in [4.78, 5) is 5.48. The molecule has 0 unspecified atom stereocenters. The number of nitrogens with one attached hydrogen (secondary N) is 1. The van der Waals surface area contributed by atoms with Crippen LogP contribution in [0.2, 0.25) is 0 Å². The lowest BCUT2D eigenvalue weighted by Crippen LogP contribution is -2.30. The zero-order valence-electron chi connectivity index (χ0n) is 13.2. The standard InChI is InChI=1S/C15H25NO4/c1-15(2,3)20-16-8-7-11-9-13(18-5)14(19-6)10-12(11)17-4/h9-10,16H,7-8H2,1-6H3. The summed E-state index contributed by atoms with van der Waals surface area (Å²) in [6, 6.07) is 3.76. The van der Waals surface area contributed by atoms with E-state index < -0.39 is 0 Å². The number of benzene rings is 1. The van der Waals surface area contributed by atoms with Gasteiger partial charge in [-0.3, -0.25) is 4.84 Å². The topological polar surface area (TPSA) is 49.0 Å². The van der Waals surface area contributed by atoms with Crippen LogP contribution in [0, 0.1) is 0 Å². The maximum Gasteiger partial charge on any atom is 0.164 e. The Morgan fingerprint density at radius 3 is 1.95 bits per heavy atom. The summed E-state index contributed by atoms with van der Waals surface area (Å²) in [5.74, 6) is 2.13. The van der Waals surface area contributed by atoms with E-state index in [0.717, 1.165) is 17.7 Å². The smallest absolute Gasteiger partial charge is 0.164 e. The second-order valence-electron chi connectivity index (χ2n) is 5.38. The van der Waals surface area contributed by atoms with Gasteiger partial charge in [0, 0.05) is 12.6 Å². The van der Waals surface area contributed by atoms with Crippen LogP contribution in [-0.2, 0) is 11.3 Å². The van der Waals surface area contributed by atoms with Gasteiger partial charge in [0.15, 0.2) is 11.5 Å². The van der Waals surface area contributed by atoms with Crippen molar-refractivity contribution in [3.8, 4) is 17.2 Å². The second kappa shape index (κ2) is 7.36. The third-order valence-electron chi connectivity index (χ3n) is 2.66. The maximum absolute atomic E-state index is 5.48. The minimum Gasteiger partial charge on any atom is -0.496 e. The fourth-order valence-corrected chi connectivity index (χ4v) is 1.74. The summed E-state index contributed by atoms with van der Waals surface area (Å²) in [6.45, 7) is 6.67. The van der Waals surface area contributed by atoms with Gasteiger partial charge in [-0.1, -0.05) is 0 Å². The minimum absolute atomic E-state index is 0.207. The van der Waals surface area contributed by atoms with Crippen LogP contribution in [0.15, 0.2) is 12.1 Å². The molecule has 0 aliphatic rings. The molecule has 1 aromatic rings. The molecule has 0 saturated carbocycles. The van der Waals surface area contributed by atoms with Crippen LogP contribution < -0.4 is 19.7 Å². The van der Waals surface area contributed by atoms with Gasteiger partial charge in [-0.2, -0.15) is 0 Å². The Morgan fingerprint density at radius 2 is 1.45 bits per heavy atom. The van der Waals surface area contributed by atoms with Gasteiger partial charge in [0.1, 0.15) is 5.75 Å². The molecule has 114 valence electrons. The highest BCUT2D eigenvalue weighted by Crippen LogP contribution is 2.34. The molecule has 0 fully saturated rings. The van der Waals surface area contributed by atoms with Crippen molar-refractivity contribution in [2.24, 2.45) is 0 Å². The van der Waals surface area contributed by atoms with Crippen LogP contribution in [0.4, 0.5) is 0 Å². The van der Waals surface area contributed by atoms with Crippen LogP contribution in [0.5, 0.6) is 17.2 Å². The molecular formula is C15H25NO4. The van der Waals surface area contributed by atoms with E-state index in [9.17, 15) is 0 Å². The Bertz CT molecular complexity index is 427. The average Bonchev–Trinajstić information content (AvgIpc) is 2.41. The predicted octanol–water partition coefficient (Wildman–Crippen LogP) is 2.57. The van der Waals surface area contributed by atoms with E-state index in [4.69, 9.17) is 19.0 Å². The highest BCUT2D eigenvalue weighted by atomic mass is 16.7. The van der Waals surface area contributed by atoms with Crippen molar-refractivity contribution in [1.29, 1.82) is 0 Å². The third kappa shape index (κ3) is 4.90. The molecule has 5 nitrogen and oxygen atoms in total. The zero-order chi connectivity index (χ0) is 15.2. The predicted molar refractivity (Wildman–Crippen MR) is 78.6 cm³/mol. The summed E-state index contributed by atoms with van der Waals surface area (Å²) >= 11 is 0. The van der Waals surface area contributed by atoms with Gasteiger partial charge in [0.25, 0.3) is 0 Å². The monoisotopic (exact) mass is 283 g/mol. The lowest BCUT2D eigenvalue weighted by molar-refractivity contribution is -0.0718. The van der Waals surface area contributed by atoms with Gasteiger partial charge in [0.2, 0.25) is 0 Å². The molecule has 0 amide bonds. The molecule has 0 radical (unpaired) electrons. The molecule has 0 bridgehead atoms. The van der Waals surface area contributed by atoms with Gasteiger partial charge < -0.3 is 14.2 Å². The van der Waals surface area contributed by atoms with Gasteiger partial charge in [-0.25, -0.2) is 5.48 Å². The molecular weight excluding hydrogens is 258 g/mol. The summed E-state index contributed by atoms with van der Waals surface area (Å²) < 4.78 is 15.9. The van der Waals surface area contributed by atoms with Crippen LogP contribution in [0.3, 0.4) is 0 Å². The summed E-state index contributed by atoms with van der Waals surface area (Å²) in [7, 11) is 4.87. The molecule has 0 aliphatic carbocycles. The van der Waals surface area contributed by atoms with Crippen molar-refractivity contribution >= 4 is 0 Å². The summed E-state index contributed by atoms with van der Waals surface area (Å²) in [6.07, 6.45) is 0.763. The second-order valence-corrected chi connectivity index (χ2v) is 5.38. The van der Waals surface area contributed by atoms with Crippen LogP contribution >= 0.6 is 0 Å². The van der Waals surface area contributed by atoms with E-state index >= 15 is 0 Å². The summed E-state index contributed by atoms with van der Waals surface area (Å²) in [5, 5.41) is 0. The van der Waals surface area contributed by atoms with E-state index in [1.807, 2.05) is 32.9 Å². The first-order valence-electron chi connectivity index (χ1n) is 6.61. The first-order chi connectivity index (χ1) is 9.41. The lowest BCUT2D eigenvalue weighted by atomic mass is 10.1. The van der Waals surface area contributed by atoms with Crippen molar-refractivity contribution in [2.45, 2.75) is 32.8 Å². The van der Waals surface area contributed by atoms with Crippen LogP contribution in [-0.4, -0.2) is 33.5 Å². The van der Waals surface area contributed by atoms with Crippen LogP contribution in [0.25, 0.3) is 0 Å². The van der Waals surface area contributed by atoms with E-state index in [-0.39, 0.29) is 5.60 Å². The Kier molecular flexibility index (Phi) is 6.10. The Hall–Kier alpha value is -1.46. The van der Waals surface area contributed by atoms with E-state index in [1.54, 1.807) is 21.3 Å². The number of methoxy groups -OCH3 is 3. The van der Waals surface area contributed by atoms with Crippen molar-refractivity contribution in [3.05, 3.63) is 17.7 Å². The van der Waals surface area contributed by atoms with Gasteiger partial charge in [-0.15, -0.1) is 0 Å². The van der Waals surface area contributed by atoms with Crippen LogP contribution in [0.1, 0.15) is 26.3 Å². The number of ether oxygens (including phenoxy) is 3. The highest BCUT2D eigenvalue weighted by Gasteiger charge is 2.13. The fraction of sp³-hybridized carbons (Fsp3) is 0.600. The molecule has 1 N–H and O–H groups in total. The number of rotatable bonds is 7. The van der Waals surface area contributed by atoms with Crippen molar-refractivity contribution in [2.75, 3.05) is 27.9 Å². The largest absolute Gasteiger partial charge is 0.496 e. The van der Waals surface area contributed by atoms with Crippen molar-refractivity contribution < 1.29 is 19.0 Å². The van der Waals surface area contributed by atoms with Gasteiger partial charge in [-0.05, 0) is 38.8 Å². The quantitative estimate of drug-likeness (QED) is 0.615. The molecule has 1 aromatic carbocycles.